The van der Waals surface area contributed by atoms with E-state index in [-0.39, 0.29) is 0 Å². The molecule has 0 N–H and O–H groups in total. The van der Waals surface area contributed by atoms with Gasteiger partial charge in [0.1, 0.15) is 7.38 Å². The second-order valence-corrected chi connectivity index (χ2v) is 20.5. The van der Waals surface area contributed by atoms with E-state index >= 15 is 0 Å². The molecule has 0 amide bonds. The lowest BCUT2D eigenvalue weighted by molar-refractivity contribution is 0.514. The molecule has 0 fully saturated rings. The quantitative estimate of drug-likeness (QED) is 0.0229. The summed E-state index contributed by atoms with van der Waals surface area (Å²) in [5.41, 5.74) is 0. The minimum absolute atomic E-state index is 1.30. The van der Waals surface area contributed by atoms with Gasteiger partial charge >= 0.3 is 0 Å². The van der Waals surface area contributed by atoms with E-state index < -0.39 is 7.38 Å². The Morgan fingerprint density at radius 3 is 0.667 bits per heavy atom. The molecule has 0 saturated heterocycles. The van der Waals surface area contributed by atoms with Gasteiger partial charge in [-0.1, -0.05) is 215 Å². The molecule has 0 aromatic rings. The van der Waals surface area contributed by atoms with Crippen molar-refractivity contribution in [3.8, 4) is 0 Å². The summed E-state index contributed by atoms with van der Waals surface area (Å²) in [7, 11) is -1.31. The molecular weight excluding hydrogens is 587 g/mol. The minimum atomic E-state index is -1.31. The van der Waals surface area contributed by atoms with Gasteiger partial charge in [0, 0.05) is 0 Å². The van der Waals surface area contributed by atoms with Gasteiger partial charge in [0.05, 0.1) is 0 Å². The van der Waals surface area contributed by atoms with Crippen LogP contribution in [0.5, 0.6) is 0 Å². The van der Waals surface area contributed by atoms with Crippen LogP contribution in [0.4, 0.5) is 0 Å². The van der Waals surface area contributed by atoms with Crippen molar-refractivity contribution in [3.63, 3.8) is 0 Å². The first-order valence-electron chi connectivity index (χ1n) is 16.8. The van der Waals surface area contributed by atoms with Gasteiger partial charge in [0.25, 0.3) is 0 Å². The zero-order valence-corrected chi connectivity index (χ0v) is 29.1. The molecule has 0 aliphatic heterocycles. The normalized spacial score (nSPS) is 12.0. The second kappa shape index (κ2) is 30.8. The Bertz CT molecular complexity index is 396. The van der Waals surface area contributed by atoms with Crippen LogP contribution in [0.3, 0.4) is 0 Å². The Morgan fingerprint density at radius 2 is 0.500 bits per heavy atom. The van der Waals surface area contributed by atoms with Crippen LogP contribution in [0.15, 0.2) is 0 Å². The van der Waals surface area contributed by atoms with Gasteiger partial charge in [-0.25, -0.2) is 0 Å². The van der Waals surface area contributed by atoms with E-state index in [2.05, 4.69) is 35.7 Å². The predicted molar refractivity (Wildman–Crippen MR) is 181 cm³/mol. The van der Waals surface area contributed by atoms with Gasteiger partial charge in [0.15, 0.2) is 0 Å². The van der Waals surface area contributed by atoms with Crippen molar-refractivity contribution in [1.82, 2.24) is 0 Å². The molecule has 3 heteroatoms. The zero-order valence-electron chi connectivity index (χ0n) is 25.2. The van der Waals surface area contributed by atoms with Gasteiger partial charge in [-0.3, -0.25) is 0 Å². The van der Waals surface area contributed by atoms with Crippen LogP contribution in [-0.2, 0) is 0 Å². The van der Waals surface area contributed by atoms with Crippen molar-refractivity contribution >= 4 is 41.1 Å². The van der Waals surface area contributed by atoms with E-state index in [1.54, 1.807) is 0 Å². The number of hydrogen-bond acceptors (Lipinski definition) is 0. The monoisotopic (exact) mass is 654 g/mol. The summed E-state index contributed by atoms with van der Waals surface area (Å²) in [6.07, 6.45) is 42.7. The Kier molecular flexibility index (Phi) is 31.8. The van der Waals surface area contributed by atoms with Crippen LogP contribution in [0, 0.1) is 0 Å². The number of halogens is 2. The smallest absolute Gasteiger partial charge is 0.150 e. The minimum Gasteiger partial charge on any atom is -0.168 e. The first-order chi connectivity index (χ1) is 17.6. The van der Waals surface area contributed by atoms with Crippen molar-refractivity contribution in [3.05, 3.63) is 0 Å². The summed E-state index contributed by atoms with van der Waals surface area (Å²) in [5, 5.41) is 0. The summed E-state index contributed by atoms with van der Waals surface area (Å²) in [5.74, 6) is 0. The van der Waals surface area contributed by atoms with Crippen LogP contribution in [0.25, 0.3) is 0 Å². The molecule has 0 aromatic carbocycles. The highest BCUT2D eigenvalue weighted by Crippen LogP contribution is 2.20. The van der Waals surface area contributed by atoms with Crippen LogP contribution < -0.4 is 0 Å². The number of unbranched alkanes of at least 4 members (excludes halogenated alkanes) is 28. The average Bonchev–Trinajstić information content (AvgIpc) is 2.84. The highest BCUT2D eigenvalue weighted by Gasteiger charge is 2.15. The molecule has 0 spiro atoms. The number of rotatable bonds is 31. The largest absolute Gasteiger partial charge is 0.168 e. The highest BCUT2D eigenvalue weighted by molar-refractivity contribution is 14.1. The molecule has 0 aliphatic carbocycles. The lowest BCUT2D eigenvalue weighted by Gasteiger charge is -2.11. The number of hydrogen-bond donors (Lipinski definition) is 0. The van der Waals surface area contributed by atoms with Crippen molar-refractivity contribution < 1.29 is 0 Å². The molecule has 36 heavy (non-hydrogen) atoms. The third-order valence-electron chi connectivity index (χ3n) is 7.90. The third-order valence-corrected chi connectivity index (χ3v) is 10.8. The molecule has 218 valence electrons. The van der Waals surface area contributed by atoms with Crippen molar-refractivity contribution in [1.29, 1.82) is 0 Å². The van der Waals surface area contributed by atoms with Gasteiger partial charge in [-0.05, 0) is 16.9 Å². The van der Waals surface area contributed by atoms with E-state index in [4.69, 9.17) is 11.1 Å². The highest BCUT2D eigenvalue weighted by atomic mass is 127. The molecular formula is C33H68ClISi. The summed E-state index contributed by atoms with van der Waals surface area (Å²) < 4.78 is 1.34. The molecule has 0 aromatic heterocycles. The standard InChI is InChI=1S/C33H68ClISi/c1-36(2,34)33-31-29-27-25-23-21-19-17-15-13-11-9-7-5-3-4-6-8-10-12-14-16-18-20-22-24-26-28-30-32-35/h3-33H2,1-2H3. The average molecular weight is 655 g/mol. The third kappa shape index (κ3) is 35.2. The Morgan fingerprint density at radius 1 is 0.333 bits per heavy atom. The molecule has 0 rings (SSSR count). The molecule has 0 nitrogen and oxygen atoms in total. The first kappa shape index (κ1) is 37.2. The maximum absolute atomic E-state index is 6.39. The topological polar surface area (TPSA) is 0 Å². The van der Waals surface area contributed by atoms with E-state index in [0.29, 0.717) is 0 Å². The molecule has 0 aliphatic rings. The maximum atomic E-state index is 6.39. The van der Waals surface area contributed by atoms with Crippen LogP contribution in [0.1, 0.15) is 186 Å². The molecule has 0 bridgehead atoms. The van der Waals surface area contributed by atoms with Gasteiger partial charge in [-0.2, -0.15) is 11.1 Å². The van der Waals surface area contributed by atoms with Crippen LogP contribution in [0.2, 0.25) is 19.1 Å². The van der Waals surface area contributed by atoms with Crippen molar-refractivity contribution in [2.45, 2.75) is 205 Å². The summed E-state index contributed by atoms with van der Waals surface area (Å²) >= 11 is 8.89. The Hall–Kier alpha value is 1.24. The fraction of sp³-hybridized carbons (Fsp3) is 1.00. The van der Waals surface area contributed by atoms with Gasteiger partial charge in [0.2, 0.25) is 0 Å². The van der Waals surface area contributed by atoms with Gasteiger partial charge in [-0.15, -0.1) is 0 Å². The zero-order chi connectivity index (χ0) is 26.4. The SMILES string of the molecule is C[Si](C)(Cl)CCCCCCCCCCCCCCCCCCCCCCCCCCCCCCCI. The number of alkyl halides is 1. The second-order valence-electron chi connectivity index (χ2n) is 12.4. The van der Waals surface area contributed by atoms with E-state index in [1.165, 1.54) is 197 Å². The molecule has 0 saturated carbocycles. The Balaban J connectivity index is 3.03. The lowest BCUT2D eigenvalue weighted by Crippen LogP contribution is -2.14. The first-order valence-corrected chi connectivity index (χ1v) is 22.6. The van der Waals surface area contributed by atoms with Crippen LogP contribution >= 0.6 is 33.7 Å². The molecule has 0 atom stereocenters. The van der Waals surface area contributed by atoms with Crippen molar-refractivity contribution in [2.24, 2.45) is 0 Å². The van der Waals surface area contributed by atoms with E-state index in [9.17, 15) is 0 Å². The molecule has 0 heterocycles. The van der Waals surface area contributed by atoms with Gasteiger partial charge < -0.3 is 0 Å². The predicted octanol–water partition coefficient (Wildman–Crippen LogP) is 14.2. The maximum Gasteiger partial charge on any atom is 0.150 e. The summed E-state index contributed by atoms with van der Waals surface area (Å²) in [6.45, 7) is 4.55. The van der Waals surface area contributed by atoms with Crippen molar-refractivity contribution in [2.75, 3.05) is 4.43 Å². The van der Waals surface area contributed by atoms with E-state index in [0.717, 1.165) is 0 Å². The molecule has 0 unspecified atom stereocenters. The molecule has 0 radical (unpaired) electrons. The lowest BCUT2D eigenvalue weighted by atomic mass is 10.0. The van der Waals surface area contributed by atoms with E-state index in [1.807, 2.05) is 0 Å². The summed E-state index contributed by atoms with van der Waals surface area (Å²) in [4.78, 5) is 0. The Labute approximate surface area is 249 Å². The fourth-order valence-electron chi connectivity index (χ4n) is 5.41. The van der Waals surface area contributed by atoms with Crippen LogP contribution in [-0.4, -0.2) is 11.8 Å². The summed E-state index contributed by atoms with van der Waals surface area (Å²) in [6, 6.07) is 1.30. The fourth-order valence-corrected chi connectivity index (χ4v) is 7.44.